The minimum absolute atomic E-state index is 0.828. The lowest BCUT2D eigenvalue weighted by Gasteiger charge is -2.21. The van der Waals surface area contributed by atoms with Gasteiger partial charge in [0.2, 0.25) is 0 Å². The summed E-state index contributed by atoms with van der Waals surface area (Å²) in [5, 5.41) is 0. The average Bonchev–Trinajstić information content (AvgIpc) is 2.61. The third-order valence-corrected chi connectivity index (χ3v) is 3.51. The Balaban J connectivity index is 2.08. The SMILES string of the molecule is CCCOCCN1CCCN(CCCCN)CC1. The fraction of sp³-hybridized carbons (Fsp3) is 1.00. The predicted octanol–water partition coefficient (Wildman–Crippen LogP) is 1.16. The van der Waals surface area contributed by atoms with E-state index in [0.717, 1.165) is 39.1 Å². The molecule has 0 radical (unpaired) electrons. The smallest absolute Gasteiger partial charge is 0.0593 e. The Morgan fingerprint density at radius 2 is 1.67 bits per heavy atom. The molecular weight excluding hydrogens is 226 g/mol. The fourth-order valence-corrected chi connectivity index (χ4v) is 2.39. The molecule has 18 heavy (non-hydrogen) atoms. The summed E-state index contributed by atoms with van der Waals surface area (Å²) in [6.45, 7) is 12.0. The maximum atomic E-state index is 5.56. The Morgan fingerprint density at radius 1 is 0.944 bits per heavy atom. The van der Waals surface area contributed by atoms with Crippen LogP contribution in [-0.4, -0.2) is 68.8 Å². The van der Waals surface area contributed by atoms with Gasteiger partial charge in [0, 0.05) is 26.2 Å². The lowest BCUT2D eigenvalue weighted by atomic mass is 10.3. The van der Waals surface area contributed by atoms with E-state index < -0.39 is 0 Å². The lowest BCUT2D eigenvalue weighted by molar-refractivity contribution is 0.105. The Kier molecular flexibility index (Phi) is 9.48. The summed E-state index contributed by atoms with van der Waals surface area (Å²) in [4.78, 5) is 5.13. The van der Waals surface area contributed by atoms with Gasteiger partial charge in [-0.15, -0.1) is 0 Å². The first-order valence-corrected chi connectivity index (χ1v) is 7.59. The van der Waals surface area contributed by atoms with Gasteiger partial charge in [0.05, 0.1) is 6.61 Å². The Hall–Kier alpha value is -0.160. The first-order valence-electron chi connectivity index (χ1n) is 7.59. The molecule has 0 aromatic rings. The summed E-state index contributed by atoms with van der Waals surface area (Å²) in [5.41, 5.74) is 5.54. The van der Waals surface area contributed by atoms with Gasteiger partial charge in [0.15, 0.2) is 0 Å². The van der Waals surface area contributed by atoms with Crippen LogP contribution in [0.5, 0.6) is 0 Å². The third-order valence-electron chi connectivity index (χ3n) is 3.51. The Morgan fingerprint density at radius 3 is 2.33 bits per heavy atom. The van der Waals surface area contributed by atoms with Crippen LogP contribution in [0.25, 0.3) is 0 Å². The molecule has 0 bridgehead atoms. The van der Waals surface area contributed by atoms with Crippen molar-refractivity contribution >= 4 is 0 Å². The zero-order valence-electron chi connectivity index (χ0n) is 12.1. The van der Waals surface area contributed by atoms with Crippen LogP contribution in [0.15, 0.2) is 0 Å². The van der Waals surface area contributed by atoms with Crippen molar-refractivity contribution in [3.05, 3.63) is 0 Å². The number of nitrogens with zero attached hydrogens (tertiary/aromatic N) is 2. The number of hydrogen-bond acceptors (Lipinski definition) is 4. The quantitative estimate of drug-likeness (QED) is 0.629. The molecule has 1 fully saturated rings. The number of rotatable bonds is 9. The summed E-state index contributed by atoms with van der Waals surface area (Å²) in [7, 11) is 0. The highest BCUT2D eigenvalue weighted by atomic mass is 16.5. The third kappa shape index (κ3) is 7.31. The summed E-state index contributed by atoms with van der Waals surface area (Å²) in [6.07, 6.45) is 4.81. The molecular formula is C14H31N3O. The molecule has 1 aliphatic rings. The first kappa shape index (κ1) is 15.9. The number of unbranched alkanes of at least 4 members (excludes halogenated alkanes) is 1. The normalized spacial score (nSPS) is 19.0. The average molecular weight is 257 g/mol. The summed E-state index contributed by atoms with van der Waals surface area (Å²) < 4.78 is 5.56. The molecule has 0 aromatic heterocycles. The van der Waals surface area contributed by atoms with Crippen molar-refractivity contribution in [2.75, 3.05) is 59.0 Å². The largest absolute Gasteiger partial charge is 0.380 e. The second-order valence-corrected chi connectivity index (χ2v) is 5.14. The molecule has 4 heteroatoms. The molecule has 1 heterocycles. The molecule has 0 saturated carbocycles. The number of nitrogens with two attached hydrogens (primary N) is 1. The molecule has 108 valence electrons. The lowest BCUT2D eigenvalue weighted by Crippen LogP contribution is -2.33. The Bertz CT molecular complexity index is 190. The van der Waals surface area contributed by atoms with Gasteiger partial charge < -0.3 is 15.4 Å². The van der Waals surface area contributed by atoms with E-state index in [1.165, 1.54) is 45.6 Å². The van der Waals surface area contributed by atoms with E-state index >= 15 is 0 Å². The first-order chi connectivity index (χ1) is 8.86. The van der Waals surface area contributed by atoms with Gasteiger partial charge in [-0.05, 0) is 51.9 Å². The van der Waals surface area contributed by atoms with Gasteiger partial charge in [0.25, 0.3) is 0 Å². The molecule has 0 aliphatic carbocycles. The highest BCUT2D eigenvalue weighted by molar-refractivity contribution is 4.69. The van der Waals surface area contributed by atoms with Crippen LogP contribution < -0.4 is 5.73 Å². The van der Waals surface area contributed by atoms with Crippen molar-refractivity contribution < 1.29 is 4.74 Å². The van der Waals surface area contributed by atoms with E-state index in [2.05, 4.69) is 16.7 Å². The summed E-state index contributed by atoms with van der Waals surface area (Å²) in [5.74, 6) is 0. The van der Waals surface area contributed by atoms with Crippen LogP contribution in [0.4, 0.5) is 0 Å². The van der Waals surface area contributed by atoms with Crippen molar-refractivity contribution in [1.82, 2.24) is 9.80 Å². The molecule has 4 nitrogen and oxygen atoms in total. The molecule has 1 rings (SSSR count). The minimum Gasteiger partial charge on any atom is -0.380 e. The summed E-state index contributed by atoms with van der Waals surface area (Å²) >= 11 is 0. The predicted molar refractivity (Wildman–Crippen MR) is 76.9 cm³/mol. The van der Waals surface area contributed by atoms with Gasteiger partial charge >= 0.3 is 0 Å². The summed E-state index contributed by atoms with van der Waals surface area (Å²) in [6, 6.07) is 0. The van der Waals surface area contributed by atoms with E-state index in [9.17, 15) is 0 Å². The van der Waals surface area contributed by atoms with Crippen LogP contribution in [-0.2, 0) is 4.74 Å². The Labute approximate surface area is 112 Å². The van der Waals surface area contributed by atoms with E-state index in [1.54, 1.807) is 0 Å². The van der Waals surface area contributed by atoms with Crippen LogP contribution in [0.2, 0.25) is 0 Å². The molecule has 0 atom stereocenters. The highest BCUT2D eigenvalue weighted by Crippen LogP contribution is 2.04. The van der Waals surface area contributed by atoms with E-state index in [-0.39, 0.29) is 0 Å². The van der Waals surface area contributed by atoms with Gasteiger partial charge in [-0.2, -0.15) is 0 Å². The maximum absolute atomic E-state index is 5.56. The second-order valence-electron chi connectivity index (χ2n) is 5.14. The van der Waals surface area contributed by atoms with Crippen molar-refractivity contribution in [1.29, 1.82) is 0 Å². The van der Waals surface area contributed by atoms with E-state index in [4.69, 9.17) is 10.5 Å². The van der Waals surface area contributed by atoms with Crippen LogP contribution in [0.1, 0.15) is 32.6 Å². The van der Waals surface area contributed by atoms with Gasteiger partial charge in [-0.1, -0.05) is 6.92 Å². The van der Waals surface area contributed by atoms with Crippen molar-refractivity contribution in [2.45, 2.75) is 32.6 Å². The molecule has 0 spiro atoms. The topological polar surface area (TPSA) is 41.7 Å². The monoisotopic (exact) mass is 257 g/mol. The molecule has 0 unspecified atom stereocenters. The zero-order valence-corrected chi connectivity index (χ0v) is 12.1. The van der Waals surface area contributed by atoms with Gasteiger partial charge in [-0.3, -0.25) is 4.90 Å². The van der Waals surface area contributed by atoms with E-state index in [0.29, 0.717) is 0 Å². The second kappa shape index (κ2) is 10.7. The van der Waals surface area contributed by atoms with Crippen LogP contribution in [0, 0.1) is 0 Å². The standard InChI is InChI=1S/C14H31N3O/c1-2-13-18-14-12-17-9-5-8-16(10-11-17)7-4-3-6-15/h2-15H2,1H3. The minimum atomic E-state index is 0.828. The van der Waals surface area contributed by atoms with Crippen LogP contribution in [0.3, 0.4) is 0 Å². The maximum Gasteiger partial charge on any atom is 0.0593 e. The fourth-order valence-electron chi connectivity index (χ4n) is 2.39. The molecule has 1 aliphatic heterocycles. The molecule has 0 aromatic carbocycles. The molecule has 1 saturated heterocycles. The molecule has 2 N–H and O–H groups in total. The van der Waals surface area contributed by atoms with Gasteiger partial charge in [-0.25, -0.2) is 0 Å². The molecule has 0 amide bonds. The number of hydrogen-bond donors (Lipinski definition) is 1. The number of ether oxygens (including phenoxy) is 1. The van der Waals surface area contributed by atoms with E-state index in [1.807, 2.05) is 0 Å². The highest BCUT2D eigenvalue weighted by Gasteiger charge is 2.13. The van der Waals surface area contributed by atoms with Gasteiger partial charge in [0.1, 0.15) is 0 Å². The van der Waals surface area contributed by atoms with Crippen LogP contribution >= 0.6 is 0 Å². The van der Waals surface area contributed by atoms with Crippen molar-refractivity contribution in [3.63, 3.8) is 0 Å². The van der Waals surface area contributed by atoms with Crippen molar-refractivity contribution in [3.8, 4) is 0 Å². The van der Waals surface area contributed by atoms with Crippen molar-refractivity contribution in [2.24, 2.45) is 5.73 Å². The zero-order chi connectivity index (χ0) is 13.1.